The van der Waals surface area contributed by atoms with Gasteiger partial charge in [0.15, 0.2) is 5.82 Å². The highest BCUT2D eigenvalue weighted by atomic mass is 16.8. The number of aliphatic hydroxyl groups excluding tert-OH is 2. The molecule has 3 heterocycles. The highest BCUT2D eigenvalue weighted by molar-refractivity contribution is 5.66. The van der Waals surface area contributed by atoms with E-state index in [2.05, 4.69) is 10.1 Å². The van der Waals surface area contributed by atoms with Crippen LogP contribution in [0.2, 0.25) is 0 Å². The lowest BCUT2D eigenvalue weighted by molar-refractivity contribution is -0.166. The lowest BCUT2D eigenvalue weighted by atomic mass is 9.93. The van der Waals surface area contributed by atoms with Gasteiger partial charge in [0, 0.05) is 0 Å². The molecule has 0 bridgehead atoms. The van der Waals surface area contributed by atoms with E-state index in [-0.39, 0.29) is 11.5 Å². The number of nitrogen functional groups attached to an aromatic ring is 1. The minimum Gasteiger partial charge on any atom is -0.428 e. The van der Waals surface area contributed by atoms with Gasteiger partial charge in [-0.1, -0.05) is 0 Å². The molecular formula is C16H17N5O6. The molecule has 2 aromatic rings. The van der Waals surface area contributed by atoms with E-state index < -0.39 is 35.9 Å². The van der Waals surface area contributed by atoms with Crippen molar-refractivity contribution in [3.63, 3.8) is 0 Å². The second kappa shape index (κ2) is 5.78. The van der Waals surface area contributed by atoms with Crippen molar-refractivity contribution in [3.05, 3.63) is 24.2 Å². The van der Waals surface area contributed by atoms with Crippen LogP contribution in [0.4, 0.5) is 10.6 Å². The van der Waals surface area contributed by atoms with E-state index >= 15 is 0 Å². The van der Waals surface area contributed by atoms with Crippen molar-refractivity contribution in [1.82, 2.24) is 14.6 Å². The second-order valence-electron chi connectivity index (χ2n) is 6.85. The molecule has 1 aliphatic heterocycles. The van der Waals surface area contributed by atoms with Crippen LogP contribution in [-0.4, -0.2) is 55.1 Å². The number of aromatic nitrogens is 3. The van der Waals surface area contributed by atoms with Crippen molar-refractivity contribution in [2.45, 2.75) is 49.5 Å². The largest absolute Gasteiger partial charge is 0.511 e. The molecule has 4 rings (SSSR count). The van der Waals surface area contributed by atoms with Gasteiger partial charge in [0.2, 0.25) is 11.9 Å². The van der Waals surface area contributed by atoms with Crippen molar-refractivity contribution >= 4 is 17.5 Å². The average Bonchev–Trinajstić information content (AvgIpc) is 3.10. The Balaban J connectivity index is 1.65. The van der Waals surface area contributed by atoms with Crippen molar-refractivity contribution in [2.75, 3.05) is 5.73 Å². The zero-order valence-corrected chi connectivity index (χ0v) is 14.3. The van der Waals surface area contributed by atoms with Crippen LogP contribution in [-0.2, 0) is 19.8 Å². The first-order valence-corrected chi connectivity index (χ1v) is 8.23. The summed E-state index contributed by atoms with van der Waals surface area (Å²) in [5.41, 5.74) is 3.65. The summed E-state index contributed by atoms with van der Waals surface area (Å²) in [6.07, 6.45) is -3.45. The lowest BCUT2D eigenvalue weighted by Gasteiger charge is -2.23. The van der Waals surface area contributed by atoms with Gasteiger partial charge in [0.05, 0.1) is 5.69 Å². The van der Waals surface area contributed by atoms with Gasteiger partial charge in [-0.3, -0.25) is 0 Å². The van der Waals surface area contributed by atoms with Crippen molar-refractivity contribution in [2.24, 2.45) is 0 Å². The average molecular weight is 375 g/mol. The van der Waals surface area contributed by atoms with Gasteiger partial charge < -0.3 is 30.2 Å². The molecule has 0 radical (unpaired) electrons. The molecule has 2 fully saturated rings. The van der Waals surface area contributed by atoms with E-state index in [4.69, 9.17) is 19.9 Å². The Morgan fingerprint density at radius 1 is 1.48 bits per heavy atom. The second-order valence-corrected chi connectivity index (χ2v) is 6.85. The van der Waals surface area contributed by atoms with Crippen LogP contribution < -0.4 is 5.73 Å². The molecule has 1 saturated carbocycles. The molecule has 4 atom stereocenters. The Bertz CT molecular complexity index is 950. The molecule has 11 nitrogen and oxygen atoms in total. The topological polar surface area (TPSA) is 165 Å². The Hall–Kier alpha value is -2.94. The Labute approximate surface area is 152 Å². The number of ether oxygens (including phenoxy) is 3. The van der Waals surface area contributed by atoms with Gasteiger partial charge >= 0.3 is 6.16 Å². The minimum absolute atomic E-state index is 0.106. The third-order valence-electron chi connectivity index (χ3n) is 4.85. The van der Waals surface area contributed by atoms with Crippen LogP contribution >= 0.6 is 0 Å². The van der Waals surface area contributed by atoms with Crippen LogP contribution in [0, 0.1) is 11.3 Å². The van der Waals surface area contributed by atoms with Crippen molar-refractivity contribution in [1.29, 1.82) is 5.26 Å². The highest BCUT2D eigenvalue weighted by Crippen LogP contribution is 2.42. The molecule has 0 unspecified atom stereocenters. The Morgan fingerprint density at radius 2 is 2.22 bits per heavy atom. The molecule has 0 spiro atoms. The fourth-order valence-electron chi connectivity index (χ4n) is 3.00. The maximum absolute atomic E-state index is 11.9. The maximum atomic E-state index is 11.9. The molecule has 27 heavy (non-hydrogen) atoms. The third-order valence-corrected chi connectivity index (χ3v) is 4.85. The molecule has 0 amide bonds. The number of hydrogen-bond donors (Lipinski definition) is 3. The van der Waals surface area contributed by atoms with Gasteiger partial charge in [-0.05, 0) is 31.9 Å². The monoisotopic (exact) mass is 375 g/mol. The van der Waals surface area contributed by atoms with E-state index in [0.29, 0.717) is 18.4 Å². The number of nitrogens with two attached hydrogens (primary N) is 1. The molecular weight excluding hydrogens is 358 g/mol. The summed E-state index contributed by atoms with van der Waals surface area (Å²) in [4.78, 5) is 15.8. The number of nitriles is 1. The number of rotatable bonds is 3. The smallest absolute Gasteiger partial charge is 0.428 e. The number of aliphatic hydroxyl groups is 2. The number of carbonyl (C=O) groups excluding carboxylic acids is 1. The van der Waals surface area contributed by atoms with Crippen LogP contribution in [0.5, 0.6) is 0 Å². The Morgan fingerprint density at radius 3 is 2.89 bits per heavy atom. The number of nitrogens with zero attached hydrogens (tertiary/aromatic N) is 4. The molecule has 142 valence electrons. The van der Waals surface area contributed by atoms with Crippen LogP contribution in [0.3, 0.4) is 0 Å². The number of fused-ring (bicyclic) bond motifs is 1. The quantitative estimate of drug-likeness (QED) is 0.612. The Kier molecular flexibility index (Phi) is 3.74. The molecule has 2 aromatic heterocycles. The van der Waals surface area contributed by atoms with Gasteiger partial charge in [0.1, 0.15) is 35.7 Å². The van der Waals surface area contributed by atoms with Gasteiger partial charge in [-0.25, -0.2) is 14.3 Å². The predicted molar refractivity (Wildman–Crippen MR) is 86.8 cm³/mol. The van der Waals surface area contributed by atoms with E-state index in [1.165, 1.54) is 16.9 Å². The van der Waals surface area contributed by atoms with Crippen LogP contribution in [0.25, 0.3) is 5.52 Å². The number of hydrogen-bond acceptors (Lipinski definition) is 10. The van der Waals surface area contributed by atoms with Crippen LogP contribution in [0.15, 0.2) is 18.5 Å². The highest BCUT2D eigenvalue weighted by Gasteiger charge is 2.59. The zero-order valence-electron chi connectivity index (χ0n) is 14.3. The van der Waals surface area contributed by atoms with Gasteiger partial charge in [-0.2, -0.15) is 10.4 Å². The maximum Gasteiger partial charge on any atom is 0.511 e. The summed E-state index contributed by atoms with van der Waals surface area (Å²) in [6, 6.07) is 4.86. The minimum atomic E-state index is -2.04. The van der Waals surface area contributed by atoms with E-state index in [1.807, 2.05) is 6.07 Å². The SMILES string of the molecule is CC1(OC(=O)O[C@H]2O[C@@](C#N)(c3ccc4c(N)ncnn34)[C@H](O)[C@@H]2O)CC1. The summed E-state index contributed by atoms with van der Waals surface area (Å²) >= 11 is 0. The van der Waals surface area contributed by atoms with Crippen molar-refractivity contribution < 1.29 is 29.2 Å². The summed E-state index contributed by atoms with van der Waals surface area (Å²) in [6.45, 7) is 1.74. The van der Waals surface area contributed by atoms with E-state index in [1.54, 1.807) is 13.0 Å². The third kappa shape index (κ3) is 2.66. The van der Waals surface area contributed by atoms with E-state index in [0.717, 1.165) is 0 Å². The first-order chi connectivity index (χ1) is 12.8. The molecule has 1 saturated heterocycles. The van der Waals surface area contributed by atoms with Crippen LogP contribution in [0.1, 0.15) is 25.5 Å². The summed E-state index contributed by atoms with van der Waals surface area (Å²) in [7, 11) is 0. The first kappa shape index (κ1) is 17.5. The summed E-state index contributed by atoms with van der Waals surface area (Å²) in [5.74, 6) is 0.159. The predicted octanol–water partition coefficient (Wildman–Crippen LogP) is -0.186. The molecule has 1 aliphatic carbocycles. The number of carbonyl (C=O) groups is 1. The van der Waals surface area contributed by atoms with Crippen molar-refractivity contribution in [3.8, 4) is 6.07 Å². The molecule has 0 aromatic carbocycles. The standard InChI is InChI=1S/C16H17N5O6/c1-15(4-5-15)27-14(24)25-13-10(22)11(23)16(6-17,26-13)9-3-2-8-12(18)19-7-20-21(8)9/h2-3,7,10-11,13,22-23H,4-5H2,1H3,(H2,18,19,20)/t10-,11+,13-,16-/m0/s1. The molecule has 11 heteroatoms. The molecule has 2 aliphatic rings. The normalized spacial score (nSPS) is 31.4. The summed E-state index contributed by atoms with van der Waals surface area (Å²) in [5, 5.41) is 34.6. The summed E-state index contributed by atoms with van der Waals surface area (Å²) < 4.78 is 16.9. The first-order valence-electron chi connectivity index (χ1n) is 8.23. The fraction of sp³-hybridized carbons (Fsp3) is 0.500. The fourth-order valence-corrected chi connectivity index (χ4v) is 3.00. The molecule has 4 N–H and O–H groups in total. The van der Waals surface area contributed by atoms with Gasteiger partial charge in [-0.15, -0.1) is 0 Å². The number of anilines is 1. The van der Waals surface area contributed by atoms with E-state index in [9.17, 15) is 20.3 Å². The zero-order chi connectivity index (χ0) is 19.4. The van der Waals surface area contributed by atoms with Gasteiger partial charge in [0.25, 0.3) is 0 Å². The lowest BCUT2D eigenvalue weighted by Crippen LogP contribution is -2.41.